The van der Waals surface area contributed by atoms with Crippen molar-refractivity contribution >= 4 is 13.9 Å². The highest BCUT2D eigenvalue weighted by Crippen LogP contribution is 2.55. The molecule has 0 amide bonds. The molecule has 0 bridgehead atoms. The standard InChI is InChI=1S/C15H24O5Si/c1-8-10(21(5,6)7)11(16)15(8)12-9(13(17-4)20-15)18-14(2,3)19-12/h9,12-13H,1-7H3/t9?,12-,13-,15-/m1/s1. The molecule has 2 heterocycles. The Morgan fingerprint density at radius 2 is 1.76 bits per heavy atom. The number of ether oxygens (including phenoxy) is 4. The Balaban J connectivity index is 2.04. The molecular formula is C15H24O5Si. The van der Waals surface area contributed by atoms with Gasteiger partial charge in [-0.25, -0.2) is 0 Å². The van der Waals surface area contributed by atoms with E-state index < -0.39 is 31.9 Å². The third-order valence-corrected chi connectivity index (χ3v) is 6.68. The molecule has 5 nitrogen and oxygen atoms in total. The van der Waals surface area contributed by atoms with Crippen LogP contribution in [-0.2, 0) is 23.7 Å². The Bertz CT molecular complexity index is 533. The van der Waals surface area contributed by atoms with E-state index >= 15 is 0 Å². The molecule has 3 rings (SSSR count). The lowest BCUT2D eigenvalue weighted by atomic mass is 9.74. The smallest absolute Gasteiger partial charge is 0.193 e. The molecule has 6 heteroatoms. The van der Waals surface area contributed by atoms with Crippen LogP contribution in [0.4, 0.5) is 0 Å². The van der Waals surface area contributed by atoms with Crippen LogP contribution in [-0.4, -0.2) is 50.9 Å². The second-order valence-corrected chi connectivity index (χ2v) is 12.6. The van der Waals surface area contributed by atoms with Crippen molar-refractivity contribution in [3.05, 3.63) is 10.8 Å². The van der Waals surface area contributed by atoms with Crippen LogP contribution in [0.2, 0.25) is 19.6 Å². The summed E-state index contributed by atoms with van der Waals surface area (Å²) in [5.41, 5.74) is -0.00290. The fourth-order valence-corrected chi connectivity index (χ4v) is 6.02. The van der Waals surface area contributed by atoms with Crippen molar-refractivity contribution < 1.29 is 23.7 Å². The molecule has 3 aliphatic rings. The van der Waals surface area contributed by atoms with Crippen molar-refractivity contribution in [3.8, 4) is 0 Å². The number of carbonyl (C=O) groups excluding carboxylic acids is 1. The molecule has 21 heavy (non-hydrogen) atoms. The molecule has 0 N–H and O–H groups in total. The largest absolute Gasteiger partial charge is 0.353 e. The van der Waals surface area contributed by atoms with Gasteiger partial charge in [-0.1, -0.05) is 19.6 Å². The summed E-state index contributed by atoms with van der Waals surface area (Å²) in [6, 6.07) is 0. The Morgan fingerprint density at radius 1 is 1.14 bits per heavy atom. The Hall–Kier alpha value is -0.533. The predicted octanol–water partition coefficient (Wildman–Crippen LogP) is 2.02. The monoisotopic (exact) mass is 312 g/mol. The van der Waals surface area contributed by atoms with E-state index in [0.29, 0.717) is 0 Å². The van der Waals surface area contributed by atoms with Gasteiger partial charge in [0, 0.05) is 7.11 Å². The van der Waals surface area contributed by atoms with Crippen molar-refractivity contribution in [2.45, 2.75) is 70.3 Å². The molecule has 118 valence electrons. The maximum Gasteiger partial charge on any atom is 0.193 e. The first-order valence-corrected chi connectivity index (χ1v) is 10.9. The minimum Gasteiger partial charge on any atom is -0.353 e. The van der Waals surface area contributed by atoms with Gasteiger partial charge in [-0.3, -0.25) is 4.79 Å². The third kappa shape index (κ3) is 1.86. The fraction of sp³-hybridized carbons (Fsp3) is 0.800. The van der Waals surface area contributed by atoms with Gasteiger partial charge in [-0.05, 0) is 31.5 Å². The summed E-state index contributed by atoms with van der Waals surface area (Å²) < 4.78 is 23.3. The molecule has 2 fully saturated rings. The van der Waals surface area contributed by atoms with E-state index in [2.05, 4.69) is 19.6 Å². The zero-order valence-corrected chi connectivity index (χ0v) is 14.8. The second kappa shape index (κ2) is 4.26. The summed E-state index contributed by atoms with van der Waals surface area (Å²) in [7, 11) is -0.126. The van der Waals surface area contributed by atoms with E-state index in [0.717, 1.165) is 10.8 Å². The zero-order valence-electron chi connectivity index (χ0n) is 13.8. The van der Waals surface area contributed by atoms with Crippen molar-refractivity contribution in [1.29, 1.82) is 0 Å². The lowest BCUT2D eigenvalue weighted by molar-refractivity contribution is -0.241. The quantitative estimate of drug-likeness (QED) is 0.730. The first-order valence-electron chi connectivity index (χ1n) is 7.37. The first kappa shape index (κ1) is 15.4. The summed E-state index contributed by atoms with van der Waals surface area (Å²) in [5, 5.41) is 0.964. The summed E-state index contributed by atoms with van der Waals surface area (Å²) in [5.74, 6) is -0.659. The van der Waals surface area contributed by atoms with Gasteiger partial charge in [0.25, 0.3) is 0 Å². The summed E-state index contributed by atoms with van der Waals surface area (Å²) in [6.45, 7) is 12.2. The number of hydrogen-bond acceptors (Lipinski definition) is 5. The molecule has 1 unspecified atom stereocenters. The van der Waals surface area contributed by atoms with Crippen LogP contribution in [0, 0.1) is 0 Å². The predicted molar refractivity (Wildman–Crippen MR) is 79.5 cm³/mol. The number of Topliss-reactive ketones (excluding diaryl/α,β-unsaturated/α-hetero) is 1. The summed E-state index contributed by atoms with van der Waals surface area (Å²) in [4.78, 5) is 12.9. The van der Waals surface area contributed by atoms with E-state index in [1.54, 1.807) is 7.11 Å². The number of carbonyl (C=O) groups is 1. The molecule has 1 aliphatic carbocycles. The maximum atomic E-state index is 12.9. The SMILES string of the molecule is CO[C@@H]1O[C@]2(C(=O)C([Si](C)(C)C)=C2C)[C@@H]2OC(C)(C)OC12. The lowest BCUT2D eigenvalue weighted by Gasteiger charge is -2.46. The Kier molecular flexibility index (Phi) is 3.12. The third-order valence-electron chi connectivity index (χ3n) is 4.58. The van der Waals surface area contributed by atoms with Crippen LogP contribution in [0.5, 0.6) is 0 Å². The van der Waals surface area contributed by atoms with Crippen LogP contribution in [0.15, 0.2) is 10.8 Å². The van der Waals surface area contributed by atoms with Crippen molar-refractivity contribution in [2.75, 3.05) is 7.11 Å². The van der Waals surface area contributed by atoms with Gasteiger partial charge in [-0.2, -0.15) is 0 Å². The van der Waals surface area contributed by atoms with Crippen molar-refractivity contribution in [1.82, 2.24) is 0 Å². The van der Waals surface area contributed by atoms with E-state index in [4.69, 9.17) is 18.9 Å². The van der Waals surface area contributed by atoms with E-state index in [1.165, 1.54) is 0 Å². The van der Waals surface area contributed by atoms with Crippen molar-refractivity contribution in [2.24, 2.45) is 0 Å². The maximum absolute atomic E-state index is 12.9. The van der Waals surface area contributed by atoms with E-state index in [-0.39, 0.29) is 11.9 Å². The minimum absolute atomic E-state index is 0.0648. The molecule has 0 aromatic carbocycles. The molecular weight excluding hydrogens is 288 g/mol. The van der Waals surface area contributed by atoms with Crippen LogP contribution in [0.1, 0.15) is 20.8 Å². The highest BCUT2D eigenvalue weighted by molar-refractivity contribution is 6.88. The Morgan fingerprint density at radius 3 is 2.24 bits per heavy atom. The molecule has 0 saturated carbocycles. The molecule has 1 spiro atoms. The highest BCUT2D eigenvalue weighted by atomic mass is 28.3. The van der Waals surface area contributed by atoms with Crippen LogP contribution in [0.3, 0.4) is 0 Å². The van der Waals surface area contributed by atoms with Gasteiger partial charge in [0.1, 0.15) is 12.2 Å². The summed E-state index contributed by atoms with van der Waals surface area (Å²) in [6.07, 6.45) is -1.36. The van der Waals surface area contributed by atoms with E-state index in [1.807, 2.05) is 20.8 Å². The number of fused-ring (bicyclic) bond motifs is 2. The average molecular weight is 312 g/mol. The Labute approximate surface area is 126 Å². The molecule has 0 radical (unpaired) electrons. The van der Waals surface area contributed by atoms with E-state index in [9.17, 15) is 4.79 Å². The fourth-order valence-electron chi connectivity index (χ4n) is 3.84. The minimum atomic E-state index is -1.69. The topological polar surface area (TPSA) is 54.0 Å². The number of rotatable bonds is 2. The lowest BCUT2D eigenvalue weighted by Crippen LogP contribution is -2.62. The molecule has 2 aliphatic heterocycles. The van der Waals surface area contributed by atoms with Crippen LogP contribution < -0.4 is 0 Å². The van der Waals surface area contributed by atoms with Crippen molar-refractivity contribution in [3.63, 3.8) is 0 Å². The average Bonchev–Trinajstić information content (AvgIpc) is 2.79. The van der Waals surface area contributed by atoms with Gasteiger partial charge in [0.05, 0.1) is 8.07 Å². The molecule has 0 aromatic rings. The highest BCUT2D eigenvalue weighted by Gasteiger charge is 2.72. The van der Waals surface area contributed by atoms with Crippen LogP contribution in [0.25, 0.3) is 0 Å². The molecule has 4 atom stereocenters. The van der Waals surface area contributed by atoms with Gasteiger partial charge >= 0.3 is 0 Å². The normalized spacial score (nSPS) is 41.7. The van der Waals surface area contributed by atoms with Gasteiger partial charge < -0.3 is 18.9 Å². The molecule has 0 aromatic heterocycles. The van der Waals surface area contributed by atoms with Gasteiger partial charge in [0.15, 0.2) is 23.5 Å². The first-order chi connectivity index (χ1) is 9.54. The number of methoxy groups -OCH3 is 1. The number of hydrogen-bond donors (Lipinski definition) is 0. The van der Waals surface area contributed by atoms with Crippen LogP contribution >= 0.6 is 0 Å². The molecule has 2 saturated heterocycles. The number of ketones is 1. The second-order valence-electron chi connectivity index (χ2n) is 7.56. The summed E-state index contributed by atoms with van der Waals surface area (Å²) >= 11 is 0. The zero-order chi connectivity index (χ0) is 15.8. The van der Waals surface area contributed by atoms with Gasteiger partial charge in [-0.15, -0.1) is 0 Å². The van der Waals surface area contributed by atoms with Gasteiger partial charge in [0.2, 0.25) is 0 Å².